The largest absolute Gasteiger partial charge is 0.508 e. The summed E-state index contributed by atoms with van der Waals surface area (Å²) in [6.07, 6.45) is 0. The van der Waals surface area contributed by atoms with Crippen molar-refractivity contribution in [3.63, 3.8) is 0 Å². The molecule has 94 valence electrons. The van der Waals surface area contributed by atoms with E-state index >= 15 is 0 Å². The first-order valence-corrected chi connectivity index (χ1v) is 5.90. The highest BCUT2D eigenvalue weighted by molar-refractivity contribution is 5.82. The van der Waals surface area contributed by atoms with Crippen LogP contribution >= 0.6 is 0 Å². The lowest BCUT2D eigenvalue weighted by molar-refractivity contribution is 0.475. The van der Waals surface area contributed by atoms with Crippen LogP contribution in [0.1, 0.15) is 0 Å². The number of benzene rings is 2. The van der Waals surface area contributed by atoms with Gasteiger partial charge in [-0.3, -0.25) is 4.79 Å². The molecule has 0 spiro atoms. The molecule has 0 saturated carbocycles. The van der Waals surface area contributed by atoms with Crippen LogP contribution in [0.15, 0.2) is 59.4 Å². The Morgan fingerprint density at radius 1 is 1.00 bits per heavy atom. The van der Waals surface area contributed by atoms with Crippen molar-refractivity contribution >= 4 is 22.3 Å². The van der Waals surface area contributed by atoms with Gasteiger partial charge in [0.1, 0.15) is 11.4 Å². The van der Waals surface area contributed by atoms with Gasteiger partial charge in [-0.25, -0.2) is 0 Å². The Kier molecular flexibility index (Phi) is 2.68. The number of aromatic amines is 1. The summed E-state index contributed by atoms with van der Waals surface area (Å²) in [6, 6.07) is 16.0. The van der Waals surface area contributed by atoms with E-state index in [0.717, 1.165) is 16.6 Å². The van der Waals surface area contributed by atoms with E-state index in [0.29, 0.717) is 5.69 Å². The molecule has 4 nitrogen and oxygen atoms in total. The molecule has 0 unspecified atom stereocenters. The molecule has 0 atom stereocenters. The van der Waals surface area contributed by atoms with E-state index in [1.165, 1.54) is 0 Å². The van der Waals surface area contributed by atoms with Crippen molar-refractivity contribution in [2.45, 2.75) is 0 Å². The number of phenols is 1. The van der Waals surface area contributed by atoms with E-state index in [1.54, 1.807) is 30.3 Å². The fourth-order valence-corrected chi connectivity index (χ4v) is 1.94. The lowest BCUT2D eigenvalue weighted by Crippen LogP contribution is -2.11. The summed E-state index contributed by atoms with van der Waals surface area (Å²) in [5.74, 6) is 0.193. The minimum absolute atomic E-state index is 0.174. The fourth-order valence-electron chi connectivity index (χ4n) is 1.94. The first kappa shape index (κ1) is 11.3. The number of hydrogen-bond donors (Lipinski definition) is 3. The molecule has 19 heavy (non-hydrogen) atoms. The van der Waals surface area contributed by atoms with Crippen LogP contribution in [0.25, 0.3) is 10.9 Å². The molecule has 2 aromatic carbocycles. The third-order valence-corrected chi connectivity index (χ3v) is 2.90. The molecule has 0 aliphatic carbocycles. The molecule has 0 aliphatic rings. The highest BCUT2D eigenvalue weighted by atomic mass is 16.3. The number of para-hydroxylation sites is 1. The number of phenolic OH excluding ortho intramolecular Hbond substituents is 1. The van der Waals surface area contributed by atoms with Crippen LogP contribution in [-0.4, -0.2) is 10.1 Å². The lowest BCUT2D eigenvalue weighted by Gasteiger charge is -2.07. The standard InChI is InChI=1S/C15H12N2O2/c18-12-7-5-11(6-8-12)16-14-9-10-3-1-2-4-13(10)17-15(14)19/h1-9,16,18H,(H,17,19). The Balaban J connectivity index is 2.03. The van der Waals surface area contributed by atoms with Crippen molar-refractivity contribution in [1.82, 2.24) is 4.98 Å². The topological polar surface area (TPSA) is 65.1 Å². The Labute approximate surface area is 109 Å². The molecular weight excluding hydrogens is 240 g/mol. The molecule has 0 saturated heterocycles. The average Bonchev–Trinajstić information content (AvgIpc) is 2.42. The zero-order valence-electron chi connectivity index (χ0n) is 10.1. The number of aromatic hydroxyl groups is 1. The fraction of sp³-hybridized carbons (Fsp3) is 0. The number of anilines is 2. The van der Waals surface area contributed by atoms with Crippen molar-refractivity contribution in [1.29, 1.82) is 0 Å². The van der Waals surface area contributed by atoms with Crippen molar-refractivity contribution in [3.05, 3.63) is 65.0 Å². The molecular formula is C15H12N2O2. The van der Waals surface area contributed by atoms with Crippen LogP contribution in [0, 0.1) is 0 Å². The van der Waals surface area contributed by atoms with Gasteiger partial charge in [-0.2, -0.15) is 0 Å². The zero-order valence-corrected chi connectivity index (χ0v) is 10.1. The first-order valence-electron chi connectivity index (χ1n) is 5.90. The Morgan fingerprint density at radius 2 is 1.74 bits per heavy atom. The van der Waals surface area contributed by atoms with Crippen LogP contribution in [0.4, 0.5) is 11.4 Å². The molecule has 0 amide bonds. The van der Waals surface area contributed by atoms with Gasteiger partial charge < -0.3 is 15.4 Å². The number of pyridine rings is 1. The summed E-state index contributed by atoms with van der Waals surface area (Å²) in [6.45, 7) is 0. The molecule has 0 fully saturated rings. The predicted octanol–water partition coefficient (Wildman–Crippen LogP) is 2.98. The van der Waals surface area contributed by atoms with E-state index in [-0.39, 0.29) is 11.3 Å². The Bertz CT molecular complexity index is 776. The van der Waals surface area contributed by atoms with E-state index in [4.69, 9.17) is 0 Å². The minimum Gasteiger partial charge on any atom is -0.508 e. The SMILES string of the molecule is O=c1[nH]c2ccccc2cc1Nc1ccc(O)cc1. The van der Waals surface area contributed by atoms with E-state index in [9.17, 15) is 9.90 Å². The molecule has 3 aromatic rings. The number of nitrogens with one attached hydrogen (secondary N) is 2. The molecule has 3 rings (SSSR count). The molecule has 1 heterocycles. The van der Waals surface area contributed by atoms with Crippen LogP contribution < -0.4 is 10.9 Å². The second kappa shape index (κ2) is 4.49. The molecule has 1 aromatic heterocycles. The maximum atomic E-state index is 11.9. The van der Waals surface area contributed by atoms with Gasteiger partial charge in [-0.05, 0) is 36.4 Å². The zero-order chi connectivity index (χ0) is 13.2. The second-order valence-electron chi connectivity index (χ2n) is 4.27. The summed E-state index contributed by atoms with van der Waals surface area (Å²) in [7, 11) is 0. The van der Waals surface area contributed by atoms with Gasteiger partial charge in [0.2, 0.25) is 0 Å². The smallest absolute Gasteiger partial charge is 0.272 e. The summed E-state index contributed by atoms with van der Waals surface area (Å²) in [5, 5.41) is 13.2. The van der Waals surface area contributed by atoms with Crippen molar-refractivity contribution < 1.29 is 5.11 Å². The molecule has 0 radical (unpaired) electrons. The normalized spacial score (nSPS) is 10.5. The van der Waals surface area contributed by atoms with Gasteiger partial charge >= 0.3 is 0 Å². The number of hydrogen-bond acceptors (Lipinski definition) is 3. The van der Waals surface area contributed by atoms with Gasteiger partial charge in [0.25, 0.3) is 5.56 Å². The summed E-state index contributed by atoms with van der Waals surface area (Å²) >= 11 is 0. The summed E-state index contributed by atoms with van der Waals surface area (Å²) in [5.41, 5.74) is 1.86. The quantitative estimate of drug-likeness (QED) is 0.614. The third-order valence-electron chi connectivity index (χ3n) is 2.90. The summed E-state index contributed by atoms with van der Waals surface area (Å²) < 4.78 is 0. The van der Waals surface area contributed by atoms with Gasteiger partial charge in [-0.15, -0.1) is 0 Å². The van der Waals surface area contributed by atoms with Gasteiger partial charge in [0, 0.05) is 16.6 Å². The van der Waals surface area contributed by atoms with Gasteiger partial charge in [-0.1, -0.05) is 18.2 Å². The molecule has 0 bridgehead atoms. The maximum absolute atomic E-state index is 11.9. The highest BCUT2D eigenvalue weighted by Gasteiger charge is 2.02. The Morgan fingerprint density at radius 3 is 2.53 bits per heavy atom. The number of H-pyrrole nitrogens is 1. The van der Waals surface area contributed by atoms with Crippen LogP contribution in [0.5, 0.6) is 5.75 Å². The van der Waals surface area contributed by atoms with Crippen molar-refractivity contribution in [2.24, 2.45) is 0 Å². The number of rotatable bonds is 2. The molecule has 4 heteroatoms. The predicted molar refractivity (Wildman–Crippen MR) is 76.0 cm³/mol. The van der Waals surface area contributed by atoms with E-state index in [1.807, 2.05) is 24.3 Å². The van der Waals surface area contributed by atoms with Crippen LogP contribution in [0.3, 0.4) is 0 Å². The van der Waals surface area contributed by atoms with Crippen LogP contribution in [0.2, 0.25) is 0 Å². The van der Waals surface area contributed by atoms with Crippen molar-refractivity contribution in [2.75, 3.05) is 5.32 Å². The van der Waals surface area contributed by atoms with E-state index < -0.39 is 0 Å². The number of fused-ring (bicyclic) bond motifs is 1. The Hall–Kier alpha value is -2.75. The van der Waals surface area contributed by atoms with E-state index in [2.05, 4.69) is 10.3 Å². The average molecular weight is 252 g/mol. The molecule has 3 N–H and O–H groups in total. The third kappa shape index (κ3) is 2.28. The van der Waals surface area contributed by atoms with Crippen molar-refractivity contribution in [3.8, 4) is 5.75 Å². The van der Waals surface area contributed by atoms with Gasteiger partial charge in [0.05, 0.1) is 0 Å². The highest BCUT2D eigenvalue weighted by Crippen LogP contribution is 2.19. The lowest BCUT2D eigenvalue weighted by atomic mass is 10.2. The second-order valence-corrected chi connectivity index (χ2v) is 4.27. The maximum Gasteiger partial charge on any atom is 0.272 e. The first-order chi connectivity index (χ1) is 9.22. The minimum atomic E-state index is -0.174. The summed E-state index contributed by atoms with van der Waals surface area (Å²) in [4.78, 5) is 14.8. The molecule has 0 aliphatic heterocycles. The monoisotopic (exact) mass is 252 g/mol. The number of aromatic nitrogens is 1. The van der Waals surface area contributed by atoms with Crippen LogP contribution in [-0.2, 0) is 0 Å². The van der Waals surface area contributed by atoms with Gasteiger partial charge in [0.15, 0.2) is 0 Å².